The third-order valence-electron chi connectivity index (χ3n) is 2.84. The van der Waals surface area contributed by atoms with Crippen LogP contribution in [0.1, 0.15) is 41.5 Å². The van der Waals surface area contributed by atoms with Gasteiger partial charge >= 0.3 is 21.7 Å². The molecule has 0 aliphatic heterocycles. The maximum atomic E-state index is 3.39. The van der Waals surface area contributed by atoms with E-state index in [9.17, 15) is 0 Å². The minimum absolute atomic E-state index is 0. The summed E-state index contributed by atoms with van der Waals surface area (Å²) in [4.78, 5) is 0. The molecule has 1 unspecified atom stereocenters. The largest absolute Gasteiger partial charge is 3.00 e. The zero-order valence-electron chi connectivity index (χ0n) is 15.1. The smallest absolute Gasteiger partial charge is 1.00 e. The van der Waals surface area contributed by atoms with E-state index in [4.69, 9.17) is 0 Å². The van der Waals surface area contributed by atoms with Gasteiger partial charge in [-0.1, -0.05) is 13.8 Å². The van der Waals surface area contributed by atoms with Gasteiger partial charge in [0.15, 0.2) is 0 Å². The average Bonchev–Trinajstić information content (AvgIpc) is 2.59. The molecular weight excluding hydrogens is 399 g/mol. The monoisotopic (exact) mass is 424 g/mol. The first-order valence-corrected chi connectivity index (χ1v) is 7.82. The summed E-state index contributed by atoms with van der Waals surface area (Å²) in [6, 6.07) is 12.5. The molecule has 1 aliphatic carbocycles. The van der Waals surface area contributed by atoms with Crippen molar-refractivity contribution in [1.29, 1.82) is 0 Å². The van der Waals surface area contributed by atoms with Crippen molar-refractivity contribution in [3.63, 3.8) is 0 Å². The van der Waals surface area contributed by atoms with E-state index in [1.165, 1.54) is 27.3 Å². The third kappa shape index (κ3) is 18.7. The predicted molar refractivity (Wildman–Crippen MR) is 89.8 cm³/mol. The molecule has 0 N–H and O–H groups in total. The SMILES string of the molecule is CC1=[C-]C(C)C([SiH3])=C1C.C[C-](C)C.[Cl-].[Cl-].[Cl-].[Ti+3].[c-]1ccccc1. The summed E-state index contributed by atoms with van der Waals surface area (Å²) in [5.74, 6) is 2.04. The number of rotatable bonds is 0. The molecule has 0 amide bonds. The predicted octanol–water partition coefficient (Wildman–Crippen LogP) is -4.86. The summed E-state index contributed by atoms with van der Waals surface area (Å²) in [7, 11) is 1.21. The second-order valence-electron chi connectivity index (χ2n) is 5.38. The van der Waals surface area contributed by atoms with Crippen LogP contribution >= 0.6 is 0 Å². The molecule has 1 aliphatic rings. The van der Waals surface area contributed by atoms with Gasteiger partial charge in [0.05, 0.1) is 0 Å². The maximum Gasteiger partial charge on any atom is 3.00 e. The quantitative estimate of drug-likeness (QED) is 0.289. The van der Waals surface area contributed by atoms with Gasteiger partial charge in [-0.2, -0.15) is 62.4 Å². The van der Waals surface area contributed by atoms with Gasteiger partial charge in [0.2, 0.25) is 0 Å². The summed E-state index contributed by atoms with van der Waals surface area (Å²) in [6.07, 6.45) is 3.39. The molecule has 0 nitrogen and oxygen atoms in total. The van der Waals surface area contributed by atoms with Crippen LogP contribution in [0.3, 0.4) is 0 Å². The Kier molecular flexibility index (Phi) is 31.1. The molecule has 0 aromatic heterocycles. The van der Waals surface area contributed by atoms with E-state index < -0.39 is 0 Å². The molecule has 23 heavy (non-hydrogen) atoms. The molecule has 0 bridgehead atoms. The fraction of sp³-hybridized carbons (Fsp3) is 0.389. The number of allylic oxidation sites excluding steroid dienone is 4. The van der Waals surface area contributed by atoms with Crippen molar-refractivity contribution in [3.8, 4) is 0 Å². The van der Waals surface area contributed by atoms with Gasteiger partial charge < -0.3 is 43.1 Å². The molecule has 0 saturated heterocycles. The van der Waals surface area contributed by atoms with Crippen LogP contribution in [0.25, 0.3) is 0 Å². The van der Waals surface area contributed by atoms with E-state index >= 15 is 0 Å². The van der Waals surface area contributed by atoms with Crippen LogP contribution in [-0.2, 0) is 21.7 Å². The molecule has 1 atom stereocenters. The van der Waals surface area contributed by atoms with E-state index in [0.717, 1.165) is 0 Å². The Bertz CT molecular complexity index is 388. The van der Waals surface area contributed by atoms with E-state index in [1.54, 1.807) is 5.20 Å². The van der Waals surface area contributed by atoms with Crippen LogP contribution < -0.4 is 37.2 Å². The molecule has 1 radical (unpaired) electrons. The molecule has 0 saturated carbocycles. The maximum absolute atomic E-state index is 3.39. The van der Waals surface area contributed by atoms with E-state index in [0.29, 0.717) is 5.92 Å². The van der Waals surface area contributed by atoms with Crippen molar-refractivity contribution in [3.05, 3.63) is 64.7 Å². The second kappa shape index (κ2) is 20.5. The number of benzene rings is 1. The van der Waals surface area contributed by atoms with E-state index in [2.05, 4.69) is 53.7 Å². The Morgan fingerprint density at radius 1 is 0.957 bits per heavy atom. The van der Waals surface area contributed by atoms with Gasteiger partial charge in [-0.25, -0.2) is 11.1 Å². The Morgan fingerprint density at radius 3 is 1.43 bits per heavy atom. The van der Waals surface area contributed by atoms with Crippen molar-refractivity contribution in [1.82, 2.24) is 0 Å². The summed E-state index contributed by atoms with van der Waals surface area (Å²) in [5.41, 5.74) is 2.86. The molecule has 0 fully saturated rings. The minimum Gasteiger partial charge on any atom is -1.00 e. The Morgan fingerprint density at radius 2 is 1.35 bits per heavy atom. The number of hydrogen-bond donors (Lipinski definition) is 0. The van der Waals surface area contributed by atoms with Crippen LogP contribution in [0.2, 0.25) is 0 Å². The molecule has 5 heteroatoms. The van der Waals surface area contributed by atoms with E-state index in [1.807, 2.05) is 30.3 Å². The first kappa shape index (κ1) is 34.8. The normalized spacial score (nSPS) is 14.4. The van der Waals surface area contributed by atoms with Gasteiger partial charge in [-0.3, -0.25) is 6.08 Å². The Labute approximate surface area is 180 Å². The summed E-state index contributed by atoms with van der Waals surface area (Å²) in [6.45, 7) is 12.8. The fourth-order valence-electron chi connectivity index (χ4n) is 1.50. The Balaban J connectivity index is -0.0000000692. The van der Waals surface area contributed by atoms with Gasteiger partial charge in [-0.05, 0) is 0 Å². The van der Waals surface area contributed by atoms with E-state index in [-0.39, 0.29) is 58.9 Å². The van der Waals surface area contributed by atoms with Crippen LogP contribution in [0.4, 0.5) is 0 Å². The first-order valence-electron chi connectivity index (χ1n) is 6.82. The topological polar surface area (TPSA) is 0 Å². The average molecular weight is 426 g/mol. The molecule has 1 aromatic rings. The molecule has 131 valence electrons. The standard InChI is InChI=1S/C8H13Si.C6H5.C4H9.3ClH.Ti/c1-5-4-6(2)8(9)7(5)3;1-2-4-6-5-3-1;1-4(2)3;;;;/h6H,1-3,9H3;1-5H;1-3H3;3*1H;/q3*-1;;;;+3/p-3. The van der Waals surface area contributed by atoms with Crippen molar-refractivity contribution < 1.29 is 58.9 Å². The Hall–Kier alpha value is 0.501. The second-order valence-corrected chi connectivity index (χ2v) is 6.45. The van der Waals surface area contributed by atoms with Gasteiger partial charge in [0.1, 0.15) is 0 Å². The van der Waals surface area contributed by atoms with Crippen molar-refractivity contribution in [2.45, 2.75) is 41.5 Å². The van der Waals surface area contributed by atoms with Crippen LogP contribution in [0.15, 0.2) is 46.7 Å². The molecular formula is C18H27Cl3SiTi-3. The van der Waals surface area contributed by atoms with Crippen LogP contribution in [0.5, 0.6) is 0 Å². The van der Waals surface area contributed by atoms with Crippen molar-refractivity contribution >= 4 is 10.2 Å². The fourth-order valence-corrected chi connectivity index (χ4v) is 2.02. The van der Waals surface area contributed by atoms with Crippen LogP contribution in [-0.4, -0.2) is 10.2 Å². The van der Waals surface area contributed by atoms with Gasteiger partial charge in [0, 0.05) is 10.2 Å². The molecule has 0 heterocycles. The molecule has 2 rings (SSSR count). The number of halogens is 3. The molecule has 1 aromatic carbocycles. The minimum atomic E-state index is 0. The van der Waals surface area contributed by atoms with Gasteiger partial charge in [-0.15, -0.1) is 12.8 Å². The van der Waals surface area contributed by atoms with Crippen molar-refractivity contribution in [2.24, 2.45) is 5.92 Å². The summed E-state index contributed by atoms with van der Waals surface area (Å²) in [5, 5.41) is 1.62. The zero-order chi connectivity index (χ0) is 14.8. The first-order chi connectivity index (χ1) is 8.86. The molecule has 0 spiro atoms. The zero-order valence-corrected chi connectivity index (χ0v) is 20.9. The van der Waals surface area contributed by atoms with Crippen LogP contribution in [0, 0.1) is 24.0 Å². The summed E-state index contributed by atoms with van der Waals surface area (Å²) < 4.78 is 0. The third-order valence-corrected chi connectivity index (χ3v) is 4.46. The van der Waals surface area contributed by atoms with Crippen molar-refractivity contribution in [2.75, 3.05) is 0 Å². The van der Waals surface area contributed by atoms with Gasteiger partial charge in [0.25, 0.3) is 0 Å². The number of hydrogen-bond acceptors (Lipinski definition) is 0. The summed E-state index contributed by atoms with van der Waals surface area (Å²) >= 11 is 0.